The quantitative estimate of drug-likeness (QED) is 0.778. The lowest BCUT2D eigenvalue weighted by Gasteiger charge is -2.16. The van der Waals surface area contributed by atoms with Crippen molar-refractivity contribution < 1.29 is 23.4 Å². The number of hydrogen-bond donors (Lipinski definition) is 3. The van der Waals surface area contributed by atoms with Crippen molar-refractivity contribution in [2.45, 2.75) is 12.2 Å². The van der Waals surface area contributed by atoms with Crippen LogP contribution in [0.1, 0.15) is 17.2 Å². The maximum atomic E-state index is 12.5. The van der Waals surface area contributed by atoms with Crippen LogP contribution in [0.25, 0.3) is 0 Å². The monoisotopic (exact) mass is 335 g/mol. The van der Waals surface area contributed by atoms with Crippen molar-refractivity contribution >= 4 is 28.3 Å². The molecule has 0 amide bonds. The van der Waals surface area contributed by atoms with Crippen molar-refractivity contribution in [1.29, 1.82) is 0 Å². The molecule has 98 valence electrons. The molecule has 1 aromatic rings. The molecule has 0 bridgehead atoms. The van der Waals surface area contributed by atoms with Gasteiger partial charge in [0.2, 0.25) is 0 Å². The number of hydrogen-bond acceptors (Lipinski definition) is 3. The average molecular weight is 337 g/mol. The van der Waals surface area contributed by atoms with Crippen LogP contribution in [0.5, 0.6) is 5.75 Å². The van der Waals surface area contributed by atoms with Gasteiger partial charge in [-0.25, -0.2) is 0 Å². The summed E-state index contributed by atoms with van der Waals surface area (Å²) in [4.78, 5) is 0. The number of alkyl halides is 3. The molecule has 0 aliphatic rings. The molecule has 0 aliphatic heterocycles. The van der Waals surface area contributed by atoms with Gasteiger partial charge in [0.25, 0.3) is 0 Å². The number of aliphatic hydroxyl groups is 1. The summed E-state index contributed by atoms with van der Waals surface area (Å²) < 4.78 is 37.6. The molecular formula is C9H10BrClF3NO2. The van der Waals surface area contributed by atoms with Gasteiger partial charge in [-0.1, -0.05) is 15.9 Å². The van der Waals surface area contributed by atoms with Gasteiger partial charge in [0.1, 0.15) is 5.75 Å². The molecule has 1 aromatic carbocycles. The maximum Gasteiger partial charge on any atom is 0.420 e. The van der Waals surface area contributed by atoms with E-state index < -0.39 is 30.1 Å². The minimum atomic E-state index is -4.67. The Balaban J connectivity index is 0.00000256. The molecule has 0 heterocycles. The zero-order valence-corrected chi connectivity index (χ0v) is 10.7. The Kier molecular flexibility index (Phi) is 5.73. The van der Waals surface area contributed by atoms with E-state index in [9.17, 15) is 18.3 Å². The first-order chi connectivity index (χ1) is 7.27. The molecule has 0 unspecified atom stereocenters. The van der Waals surface area contributed by atoms with Crippen LogP contribution in [0.15, 0.2) is 16.6 Å². The van der Waals surface area contributed by atoms with Crippen molar-refractivity contribution in [3.05, 3.63) is 27.7 Å². The number of aliphatic hydroxyl groups excluding tert-OH is 1. The molecule has 3 nitrogen and oxygen atoms in total. The molecule has 1 atom stereocenters. The highest BCUT2D eigenvalue weighted by atomic mass is 79.9. The number of benzene rings is 1. The van der Waals surface area contributed by atoms with Crippen molar-refractivity contribution in [3.8, 4) is 5.75 Å². The fraction of sp³-hybridized carbons (Fsp3) is 0.333. The first-order valence-electron chi connectivity index (χ1n) is 4.23. The summed E-state index contributed by atoms with van der Waals surface area (Å²) in [6.07, 6.45) is -4.67. The summed E-state index contributed by atoms with van der Waals surface area (Å²) in [5, 5.41) is 18.2. The summed E-state index contributed by atoms with van der Waals surface area (Å²) in [5.41, 5.74) is 4.05. The van der Waals surface area contributed by atoms with Crippen LogP contribution in [0, 0.1) is 0 Å². The molecule has 8 heteroatoms. The zero-order valence-electron chi connectivity index (χ0n) is 8.33. The van der Waals surface area contributed by atoms with Crippen LogP contribution in [0.3, 0.4) is 0 Å². The smallest absolute Gasteiger partial charge is 0.420 e. The predicted molar refractivity (Wildman–Crippen MR) is 62.1 cm³/mol. The minimum Gasteiger partial charge on any atom is -0.507 e. The summed E-state index contributed by atoms with van der Waals surface area (Å²) in [5.74, 6) is -0.947. The second kappa shape index (κ2) is 5.90. The average Bonchev–Trinajstić information content (AvgIpc) is 2.18. The molecule has 0 saturated heterocycles. The number of rotatable bonds is 2. The van der Waals surface area contributed by atoms with Gasteiger partial charge in [0.15, 0.2) is 0 Å². The van der Waals surface area contributed by atoms with E-state index in [1.165, 1.54) is 6.07 Å². The van der Waals surface area contributed by atoms with Crippen molar-refractivity contribution in [3.63, 3.8) is 0 Å². The van der Waals surface area contributed by atoms with Gasteiger partial charge < -0.3 is 15.9 Å². The molecule has 1 rings (SSSR count). The topological polar surface area (TPSA) is 66.5 Å². The van der Waals surface area contributed by atoms with Gasteiger partial charge in [-0.05, 0) is 12.1 Å². The van der Waals surface area contributed by atoms with Gasteiger partial charge in [0.05, 0.1) is 18.2 Å². The summed E-state index contributed by atoms with van der Waals surface area (Å²) in [7, 11) is 0. The molecule has 4 N–H and O–H groups in total. The number of halogens is 5. The Morgan fingerprint density at radius 1 is 1.35 bits per heavy atom. The van der Waals surface area contributed by atoms with Crippen LogP contribution in [0.4, 0.5) is 13.2 Å². The van der Waals surface area contributed by atoms with Gasteiger partial charge >= 0.3 is 6.18 Å². The molecule has 0 aromatic heterocycles. The molecule has 0 spiro atoms. The highest BCUT2D eigenvalue weighted by Crippen LogP contribution is 2.40. The van der Waals surface area contributed by atoms with Gasteiger partial charge in [-0.3, -0.25) is 0 Å². The lowest BCUT2D eigenvalue weighted by Crippen LogP contribution is -2.16. The predicted octanol–water partition coefficient (Wildman–Crippen LogP) is 2.59. The molecule has 0 aliphatic carbocycles. The van der Waals surface area contributed by atoms with E-state index in [4.69, 9.17) is 10.8 Å². The normalized spacial score (nSPS) is 13.1. The third-order valence-corrected chi connectivity index (χ3v) is 2.46. The molecule has 17 heavy (non-hydrogen) atoms. The van der Waals surface area contributed by atoms with Gasteiger partial charge in [-0.2, -0.15) is 13.2 Å². The zero-order chi connectivity index (χ0) is 12.5. The SMILES string of the molecule is Cl.N[C@@H](CO)c1cc(Br)cc(C(F)(F)F)c1O. The van der Waals surface area contributed by atoms with E-state index >= 15 is 0 Å². The molecule has 0 fully saturated rings. The van der Waals surface area contributed by atoms with Crippen LogP contribution >= 0.6 is 28.3 Å². The van der Waals surface area contributed by atoms with E-state index in [0.29, 0.717) is 0 Å². The van der Waals surface area contributed by atoms with E-state index in [-0.39, 0.29) is 22.4 Å². The lowest BCUT2D eigenvalue weighted by atomic mass is 10.0. The largest absolute Gasteiger partial charge is 0.507 e. The first-order valence-corrected chi connectivity index (χ1v) is 5.02. The maximum absolute atomic E-state index is 12.5. The fourth-order valence-electron chi connectivity index (χ4n) is 1.22. The Labute approximate surface area is 110 Å². The second-order valence-corrected chi connectivity index (χ2v) is 4.09. The Morgan fingerprint density at radius 3 is 2.29 bits per heavy atom. The van der Waals surface area contributed by atoms with E-state index in [1.807, 2.05) is 0 Å². The van der Waals surface area contributed by atoms with E-state index in [0.717, 1.165) is 6.07 Å². The van der Waals surface area contributed by atoms with E-state index in [2.05, 4.69) is 15.9 Å². The fourth-order valence-corrected chi connectivity index (χ4v) is 1.69. The number of phenolic OH excluding ortho intramolecular Hbond substituents is 1. The minimum absolute atomic E-state index is 0. The van der Waals surface area contributed by atoms with Crippen LogP contribution in [0.2, 0.25) is 0 Å². The summed E-state index contributed by atoms with van der Waals surface area (Å²) in [6.45, 7) is -0.554. The number of phenols is 1. The van der Waals surface area contributed by atoms with Gasteiger partial charge in [-0.15, -0.1) is 12.4 Å². The molecular weight excluding hydrogens is 326 g/mol. The second-order valence-electron chi connectivity index (χ2n) is 3.18. The summed E-state index contributed by atoms with van der Waals surface area (Å²) in [6, 6.07) is 0.938. The van der Waals surface area contributed by atoms with Gasteiger partial charge in [0, 0.05) is 10.0 Å². The van der Waals surface area contributed by atoms with Crippen LogP contribution < -0.4 is 5.73 Å². The van der Waals surface area contributed by atoms with Crippen LogP contribution in [-0.4, -0.2) is 16.8 Å². The van der Waals surface area contributed by atoms with Crippen LogP contribution in [-0.2, 0) is 6.18 Å². The third-order valence-electron chi connectivity index (χ3n) is 2.01. The molecule has 0 radical (unpaired) electrons. The lowest BCUT2D eigenvalue weighted by molar-refractivity contribution is -0.138. The number of aromatic hydroxyl groups is 1. The highest BCUT2D eigenvalue weighted by molar-refractivity contribution is 9.10. The standard InChI is InChI=1S/C9H9BrF3NO2.ClH/c10-4-1-5(7(14)3-15)8(16)6(2-4)9(11,12)13;/h1-2,7,15-16H,3,14H2;1H/t7-;/m0./s1. The first kappa shape index (κ1) is 16.5. The Hall–Kier alpha value is -0.500. The van der Waals surface area contributed by atoms with Crippen molar-refractivity contribution in [2.75, 3.05) is 6.61 Å². The van der Waals surface area contributed by atoms with E-state index in [1.54, 1.807) is 0 Å². The van der Waals surface area contributed by atoms with Crippen molar-refractivity contribution in [2.24, 2.45) is 5.73 Å². The molecule has 0 saturated carbocycles. The summed E-state index contributed by atoms with van der Waals surface area (Å²) >= 11 is 2.89. The highest BCUT2D eigenvalue weighted by Gasteiger charge is 2.35. The Bertz CT molecular complexity index is 401. The number of nitrogens with two attached hydrogens (primary N) is 1. The Morgan fingerprint density at radius 2 is 1.88 bits per heavy atom. The van der Waals surface area contributed by atoms with Crippen molar-refractivity contribution in [1.82, 2.24) is 0 Å². The third kappa shape index (κ3) is 3.74.